The predicted molar refractivity (Wildman–Crippen MR) is 142 cm³/mol. The summed E-state index contributed by atoms with van der Waals surface area (Å²) in [6, 6.07) is 19.0. The van der Waals surface area contributed by atoms with Crippen molar-refractivity contribution in [2.24, 2.45) is 5.92 Å². The van der Waals surface area contributed by atoms with Crippen LogP contribution >= 0.6 is 23.2 Å². The Morgan fingerprint density at radius 3 is 2.35 bits per heavy atom. The summed E-state index contributed by atoms with van der Waals surface area (Å²) in [5.74, 6) is 0.120. The summed E-state index contributed by atoms with van der Waals surface area (Å²) in [7, 11) is 1.60. The van der Waals surface area contributed by atoms with Gasteiger partial charge in [-0.2, -0.15) is 0 Å². The molecular formula is C27H25Cl2N3O5. The van der Waals surface area contributed by atoms with Gasteiger partial charge in [-0.25, -0.2) is 0 Å². The lowest BCUT2D eigenvalue weighted by atomic mass is 10.1. The number of ether oxygens (including phenoxy) is 2. The molecule has 0 spiro atoms. The average molecular weight is 542 g/mol. The molecule has 1 heterocycles. The van der Waals surface area contributed by atoms with E-state index in [1.165, 1.54) is 0 Å². The maximum atomic E-state index is 12.6. The van der Waals surface area contributed by atoms with Crippen LogP contribution in [0, 0.1) is 5.92 Å². The number of amides is 3. The van der Waals surface area contributed by atoms with E-state index < -0.39 is 5.92 Å². The van der Waals surface area contributed by atoms with Crippen LogP contribution in [0.25, 0.3) is 0 Å². The van der Waals surface area contributed by atoms with Gasteiger partial charge in [0.2, 0.25) is 11.8 Å². The molecule has 3 amide bonds. The van der Waals surface area contributed by atoms with Crippen molar-refractivity contribution in [3.63, 3.8) is 0 Å². The van der Waals surface area contributed by atoms with Gasteiger partial charge in [-0.15, -0.1) is 0 Å². The molecule has 4 rings (SSSR count). The summed E-state index contributed by atoms with van der Waals surface area (Å²) in [6.07, 6.45) is 0.140. The maximum Gasteiger partial charge on any atom is 0.262 e. The Kier molecular flexibility index (Phi) is 8.53. The fourth-order valence-corrected chi connectivity index (χ4v) is 4.15. The van der Waals surface area contributed by atoms with Crippen molar-refractivity contribution in [1.82, 2.24) is 5.32 Å². The van der Waals surface area contributed by atoms with Crippen molar-refractivity contribution in [1.29, 1.82) is 0 Å². The van der Waals surface area contributed by atoms with E-state index in [1.807, 2.05) is 24.3 Å². The third-order valence-corrected chi connectivity index (χ3v) is 6.58. The first-order chi connectivity index (χ1) is 17.8. The number of hydrogen-bond acceptors (Lipinski definition) is 5. The molecule has 2 N–H and O–H groups in total. The van der Waals surface area contributed by atoms with Crippen LogP contribution in [0.15, 0.2) is 66.7 Å². The van der Waals surface area contributed by atoms with Gasteiger partial charge in [-0.05, 0) is 60.2 Å². The second-order valence-corrected chi connectivity index (χ2v) is 9.25. The molecule has 1 saturated heterocycles. The molecule has 192 valence electrons. The Morgan fingerprint density at radius 2 is 1.68 bits per heavy atom. The maximum absolute atomic E-state index is 12.6. The van der Waals surface area contributed by atoms with E-state index in [0.717, 1.165) is 11.3 Å². The minimum Gasteiger partial charge on any atom is -0.497 e. The summed E-state index contributed by atoms with van der Waals surface area (Å²) in [6.45, 7) is 0.455. The minimum absolute atomic E-state index is 0.126. The molecule has 1 aliphatic heterocycles. The zero-order valence-electron chi connectivity index (χ0n) is 20.0. The van der Waals surface area contributed by atoms with Gasteiger partial charge in [0, 0.05) is 30.9 Å². The Morgan fingerprint density at radius 1 is 0.973 bits per heavy atom. The molecule has 0 radical (unpaired) electrons. The number of hydrogen-bond donors (Lipinski definition) is 2. The second kappa shape index (κ2) is 12.0. The largest absolute Gasteiger partial charge is 0.497 e. The van der Waals surface area contributed by atoms with Gasteiger partial charge in [-0.3, -0.25) is 14.4 Å². The molecule has 10 heteroatoms. The molecule has 0 saturated carbocycles. The molecule has 1 aliphatic rings. The highest BCUT2D eigenvalue weighted by molar-refractivity contribution is 6.42. The zero-order valence-corrected chi connectivity index (χ0v) is 21.5. The first kappa shape index (κ1) is 26.3. The molecule has 0 bridgehead atoms. The van der Waals surface area contributed by atoms with Gasteiger partial charge in [0.15, 0.2) is 6.61 Å². The normalized spacial score (nSPS) is 14.8. The quantitative estimate of drug-likeness (QED) is 0.409. The van der Waals surface area contributed by atoms with Crippen LogP contribution in [0.1, 0.15) is 12.0 Å². The summed E-state index contributed by atoms with van der Waals surface area (Å²) >= 11 is 11.8. The number of carbonyl (C=O) groups excluding carboxylic acids is 3. The van der Waals surface area contributed by atoms with Crippen molar-refractivity contribution in [2.75, 3.05) is 30.5 Å². The highest BCUT2D eigenvalue weighted by Gasteiger charge is 2.35. The van der Waals surface area contributed by atoms with Gasteiger partial charge in [-0.1, -0.05) is 35.3 Å². The van der Waals surface area contributed by atoms with Crippen molar-refractivity contribution in [3.8, 4) is 11.5 Å². The Hall–Kier alpha value is -3.75. The smallest absolute Gasteiger partial charge is 0.262 e. The fraction of sp³-hybridized carbons (Fsp3) is 0.222. The molecule has 1 unspecified atom stereocenters. The Labute approximate surface area is 224 Å². The van der Waals surface area contributed by atoms with E-state index in [-0.39, 0.29) is 30.7 Å². The Bertz CT molecular complexity index is 1280. The zero-order chi connectivity index (χ0) is 26.4. The number of halogens is 2. The van der Waals surface area contributed by atoms with E-state index in [1.54, 1.807) is 54.5 Å². The number of benzene rings is 3. The molecular weight excluding hydrogens is 517 g/mol. The van der Waals surface area contributed by atoms with Crippen LogP contribution in [0.2, 0.25) is 10.0 Å². The number of anilines is 2. The number of rotatable bonds is 9. The fourth-order valence-electron chi connectivity index (χ4n) is 3.85. The summed E-state index contributed by atoms with van der Waals surface area (Å²) in [5, 5.41) is 6.31. The average Bonchev–Trinajstić information content (AvgIpc) is 3.30. The summed E-state index contributed by atoms with van der Waals surface area (Å²) in [4.78, 5) is 39.0. The van der Waals surface area contributed by atoms with E-state index in [2.05, 4.69) is 10.6 Å². The number of nitrogens with one attached hydrogen (secondary N) is 2. The lowest BCUT2D eigenvalue weighted by Crippen LogP contribution is -2.32. The van der Waals surface area contributed by atoms with Crippen LogP contribution < -0.4 is 25.0 Å². The van der Waals surface area contributed by atoms with Crippen molar-refractivity contribution in [2.45, 2.75) is 13.0 Å². The summed E-state index contributed by atoms with van der Waals surface area (Å²) < 4.78 is 10.7. The molecule has 3 aromatic carbocycles. The van der Waals surface area contributed by atoms with Crippen LogP contribution in [0.5, 0.6) is 11.5 Å². The van der Waals surface area contributed by atoms with Gasteiger partial charge >= 0.3 is 0 Å². The molecule has 1 atom stereocenters. The van der Waals surface area contributed by atoms with Gasteiger partial charge in [0.05, 0.1) is 23.1 Å². The van der Waals surface area contributed by atoms with Gasteiger partial charge in [0.25, 0.3) is 5.91 Å². The van der Waals surface area contributed by atoms with E-state index >= 15 is 0 Å². The third kappa shape index (κ3) is 6.93. The predicted octanol–water partition coefficient (Wildman–Crippen LogP) is 4.69. The van der Waals surface area contributed by atoms with Crippen molar-refractivity contribution >= 4 is 52.3 Å². The van der Waals surface area contributed by atoms with Gasteiger partial charge < -0.3 is 25.0 Å². The van der Waals surface area contributed by atoms with Crippen LogP contribution in [0.3, 0.4) is 0 Å². The van der Waals surface area contributed by atoms with E-state index in [0.29, 0.717) is 40.3 Å². The van der Waals surface area contributed by atoms with Crippen LogP contribution in [-0.2, 0) is 20.9 Å². The lowest BCUT2D eigenvalue weighted by molar-refractivity contribution is -0.126. The summed E-state index contributed by atoms with van der Waals surface area (Å²) in [5.41, 5.74) is 2.10. The number of methoxy groups -OCH3 is 1. The van der Waals surface area contributed by atoms with E-state index in [4.69, 9.17) is 32.7 Å². The molecule has 8 nitrogen and oxygen atoms in total. The first-order valence-corrected chi connectivity index (χ1v) is 12.3. The standard InChI is InChI=1S/C27H25Cl2N3O5/c1-36-21-7-2-17(3-8-21)14-30-27(35)18-12-26(34)32(15-18)20-5-9-22(10-6-20)37-16-25(33)31-19-4-11-23(28)24(29)13-19/h2-11,13,18H,12,14-16H2,1H3,(H,30,35)(H,31,33). The van der Waals surface area contributed by atoms with Gasteiger partial charge in [0.1, 0.15) is 11.5 Å². The number of nitrogens with zero attached hydrogens (tertiary/aromatic N) is 1. The monoisotopic (exact) mass is 541 g/mol. The molecule has 3 aromatic rings. The van der Waals surface area contributed by atoms with E-state index in [9.17, 15) is 14.4 Å². The second-order valence-electron chi connectivity index (χ2n) is 8.43. The molecule has 37 heavy (non-hydrogen) atoms. The Balaban J connectivity index is 1.26. The minimum atomic E-state index is -0.438. The molecule has 0 aliphatic carbocycles. The van der Waals surface area contributed by atoms with Crippen molar-refractivity contribution in [3.05, 3.63) is 82.3 Å². The van der Waals surface area contributed by atoms with Crippen molar-refractivity contribution < 1.29 is 23.9 Å². The third-order valence-electron chi connectivity index (χ3n) is 5.84. The SMILES string of the molecule is COc1ccc(CNC(=O)C2CC(=O)N(c3ccc(OCC(=O)Nc4ccc(Cl)c(Cl)c4)cc3)C2)cc1. The van der Waals surface area contributed by atoms with Crippen LogP contribution in [-0.4, -0.2) is 38.0 Å². The topological polar surface area (TPSA) is 97.0 Å². The first-order valence-electron chi connectivity index (χ1n) is 11.5. The molecule has 1 fully saturated rings. The molecule has 0 aromatic heterocycles. The highest BCUT2D eigenvalue weighted by atomic mass is 35.5. The number of carbonyl (C=O) groups is 3. The van der Waals surface area contributed by atoms with Crippen LogP contribution in [0.4, 0.5) is 11.4 Å². The highest BCUT2D eigenvalue weighted by Crippen LogP contribution is 2.28. The lowest BCUT2D eigenvalue weighted by Gasteiger charge is -2.17.